The van der Waals surface area contributed by atoms with Gasteiger partial charge in [-0.3, -0.25) is 0 Å². The van der Waals surface area contributed by atoms with Crippen LogP contribution in [0.15, 0.2) is 23.1 Å². The standard InChI is InChI=1S/C13H21N3O2S2/c1-16(2)20(17,18)10-4-5-12(11(14)8-10)15-9-13(19-3)6-7-13/h4-5,8,15H,6-7,9,14H2,1-3H3. The fourth-order valence-corrected chi connectivity index (χ4v) is 3.59. The van der Waals surface area contributed by atoms with Crippen molar-refractivity contribution in [2.24, 2.45) is 0 Å². The number of rotatable bonds is 6. The number of sulfonamides is 1. The Hall–Kier alpha value is -0.920. The maximum absolute atomic E-state index is 12.0. The van der Waals surface area contributed by atoms with E-state index in [-0.39, 0.29) is 4.90 Å². The topological polar surface area (TPSA) is 75.4 Å². The molecule has 112 valence electrons. The number of nitrogens with one attached hydrogen (secondary N) is 1. The third kappa shape index (κ3) is 3.05. The quantitative estimate of drug-likeness (QED) is 0.783. The summed E-state index contributed by atoms with van der Waals surface area (Å²) in [4.78, 5) is 0.219. The summed E-state index contributed by atoms with van der Waals surface area (Å²) in [7, 11) is -0.416. The van der Waals surface area contributed by atoms with Gasteiger partial charge in [-0.05, 0) is 37.3 Å². The van der Waals surface area contributed by atoms with Gasteiger partial charge >= 0.3 is 0 Å². The number of nitrogens with two attached hydrogens (primary N) is 1. The van der Waals surface area contributed by atoms with Crippen molar-refractivity contribution in [2.75, 3.05) is 37.9 Å². The second-order valence-corrected chi connectivity index (χ2v) is 8.70. The molecule has 0 bridgehead atoms. The number of nitrogens with zero attached hydrogens (tertiary/aromatic N) is 1. The van der Waals surface area contributed by atoms with Crippen molar-refractivity contribution >= 4 is 33.2 Å². The van der Waals surface area contributed by atoms with Crippen LogP contribution in [0.1, 0.15) is 12.8 Å². The van der Waals surface area contributed by atoms with E-state index < -0.39 is 10.0 Å². The Kier molecular flexibility index (Phi) is 4.22. The average Bonchev–Trinajstić information content (AvgIpc) is 3.17. The normalized spacial score (nSPS) is 17.2. The number of nitrogen functional groups attached to an aromatic ring is 1. The summed E-state index contributed by atoms with van der Waals surface area (Å²) in [5.74, 6) is 0. The smallest absolute Gasteiger partial charge is 0.242 e. The number of benzene rings is 1. The van der Waals surface area contributed by atoms with E-state index in [1.165, 1.54) is 37.3 Å². The molecule has 0 aliphatic heterocycles. The Morgan fingerprint density at radius 1 is 1.40 bits per heavy atom. The molecule has 0 amide bonds. The first-order valence-corrected chi connectivity index (χ1v) is 9.08. The molecule has 0 aromatic heterocycles. The summed E-state index contributed by atoms with van der Waals surface area (Å²) in [6.45, 7) is 0.859. The van der Waals surface area contributed by atoms with Gasteiger partial charge in [0.05, 0.1) is 16.3 Å². The number of hydrogen-bond acceptors (Lipinski definition) is 5. The lowest BCUT2D eigenvalue weighted by Gasteiger charge is -2.17. The van der Waals surface area contributed by atoms with Crippen LogP contribution in [0.5, 0.6) is 0 Å². The molecule has 0 spiro atoms. The van der Waals surface area contributed by atoms with Gasteiger partial charge in [-0.15, -0.1) is 0 Å². The van der Waals surface area contributed by atoms with Crippen molar-refractivity contribution in [2.45, 2.75) is 22.5 Å². The van der Waals surface area contributed by atoms with Crippen LogP contribution in [0.3, 0.4) is 0 Å². The molecule has 1 aliphatic carbocycles. The summed E-state index contributed by atoms with van der Waals surface area (Å²) in [6.07, 6.45) is 4.55. The van der Waals surface area contributed by atoms with E-state index in [1.807, 2.05) is 11.8 Å². The van der Waals surface area contributed by atoms with Crippen molar-refractivity contribution in [1.82, 2.24) is 4.31 Å². The Balaban J connectivity index is 2.14. The SMILES string of the molecule is CSC1(CNc2ccc(S(=O)(=O)N(C)C)cc2N)CC1. The van der Waals surface area contributed by atoms with E-state index >= 15 is 0 Å². The third-order valence-electron chi connectivity index (χ3n) is 3.64. The highest BCUT2D eigenvalue weighted by molar-refractivity contribution is 8.00. The van der Waals surface area contributed by atoms with Gasteiger partial charge in [0.25, 0.3) is 0 Å². The van der Waals surface area contributed by atoms with E-state index in [1.54, 1.807) is 12.1 Å². The van der Waals surface area contributed by atoms with Gasteiger partial charge in [-0.1, -0.05) is 0 Å². The van der Waals surface area contributed by atoms with Gasteiger partial charge in [0.2, 0.25) is 10.0 Å². The highest BCUT2D eigenvalue weighted by Gasteiger charge is 2.41. The predicted octanol–water partition coefficient (Wildman–Crippen LogP) is 1.83. The Morgan fingerprint density at radius 3 is 2.50 bits per heavy atom. The van der Waals surface area contributed by atoms with Crippen LogP contribution >= 0.6 is 11.8 Å². The first-order valence-electron chi connectivity index (χ1n) is 6.42. The van der Waals surface area contributed by atoms with Crippen LogP contribution in [-0.2, 0) is 10.0 Å². The summed E-state index contributed by atoms with van der Waals surface area (Å²) in [5, 5.41) is 3.32. The van der Waals surface area contributed by atoms with Crippen molar-refractivity contribution < 1.29 is 8.42 Å². The number of thioether (sulfide) groups is 1. The predicted molar refractivity (Wildman–Crippen MR) is 85.7 cm³/mol. The molecule has 0 saturated heterocycles. The van der Waals surface area contributed by atoms with Crippen molar-refractivity contribution in [3.63, 3.8) is 0 Å². The van der Waals surface area contributed by atoms with Gasteiger partial charge in [0.1, 0.15) is 0 Å². The lowest BCUT2D eigenvalue weighted by molar-refractivity contribution is 0.521. The Labute approximate surface area is 125 Å². The second-order valence-electron chi connectivity index (χ2n) is 5.28. The van der Waals surface area contributed by atoms with Crippen molar-refractivity contribution in [3.8, 4) is 0 Å². The zero-order chi connectivity index (χ0) is 15.0. The molecule has 1 aromatic carbocycles. The van der Waals surface area contributed by atoms with Crippen LogP contribution in [0, 0.1) is 0 Å². The minimum absolute atomic E-state index is 0.219. The van der Waals surface area contributed by atoms with E-state index in [9.17, 15) is 8.42 Å². The maximum atomic E-state index is 12.0. The van der Waals surface area contributed by atoms with Crippen LogP contribution in [0.2, 0.25) is 0 Å². The lowest BCUT2D eigenvalue weighted by Crippen LogP contribution is -2.22. The molecule has 1 saturated carbocycles. The maximum Gasteiger partial charge on any atom is 0.242 e. The molecular weight excluding hydrogens is 294 g/mol. The largest absolute Gasteiger partial charge is 0.397 e. The Morgan fingerprint density at radius 2 is 2.05 bits per heavy atom. The molecule has 2 rings (SSSR count). The third-order valence-corrected chi connectivity index (χ3v) is 6.87. The minimum Gasteiger partial charge on any atom is -0.397 e. The molecule has 0 atom stereocenters. The average molecular weight is 315 g/mol. The highest BCUT2D eigenvalue weighted by Crippen LogP contribution is 2.47. The summed E-state index contributed by atoms with van der Waals surface area (Å²) >= 11 is 1.87. The van der Waals surface area contributed by atoms with Crippen LogP contribution in [-0.4, -0.2) is 44.4 Å². The molecule has 0 radical (unpaired) electrons. The lowest BCUT2D eigenvalue weighted by atomic mass is 10.2. The van der Waals surface area contributed by atoms with Crippen molar-refractivity contribution in [3.05, 3.63) is 18.2 Å². The minimum atomic E-state index is -3.43. The number of hydrogen-bond donors (Lipinski definition) is 2. The molecule has 3 N–H and O–H groups in total. The molecule has 1 fully saturated rings. The molecular formula is C13H21N3O2S2. The molecule has 5 nitrogen and oxygen atoms in total. The molecule has 0 heterocycles. The van der Waals surface area contributed by atoms with E-state index in [0.717, 1.165) is 12.2 Å². The van der Waals surface area contributed by atoms with Crippen LogP contribution < -0.4 is 11.1 Å². The van der Waals surface area contributed by atoms with Gasteiger partial charge in [-0.25, -0.2) is 12.7 Å². The second kappa shape index (κ2) is 5.46. The monoisotopic (exact) mass is 315 g/mol. The molecule has 1 aromatic rings. The van der Waals surface area contributed by atoms with Gasteiger partial charge < -0.3 is 11.1 Å². The number of anilines is 2. The van der Waals surface area contributed by atoms with Crippen molar-refractivity contribution in [1.29, 1.82) is 0 Å². The summed E-state index contributed by atoms with van der Waals surface area (Å²) in [6, 6.07) is 4.84. The van der Waals surface area contributed by atoms with Gasteiger partial charge in [0.15, 0.2) is 0 Å². The molecule has 1 aliphatic rings. The van der Waals surface area contributed by atoms with E-state index in [0.29, 0.717) is 10.4 Å². The van der Waals surface area contributed by atoms with E-state index in [4.69, 9.17) is 5.73 Å². The first-order chi connectivity index (χ1) is 9.31. The highest BCUT2D eigenvalue weighted by atomic mass is 32.2. The summed E-state index contributed by atoms with van der Waals surface area (Å²) in [5.41, 5.74) is 7.21. The molecule has 0 unspecified atom stereocenters. The molecule has 7 heteroatoms. The van der Waals surface area contributed by atoms with Gasteiger partial charge in [-0.2, -0.15) is 11.8 Å². The van der Waals surface area contributed by atoms with Gasteiger partial charge in [0, 0.05) is 25.4 Å². The van der Waals surface area contributed by atoms with E-state index in [2.05, 4.69) is 11.6 Å². The zero-order valence-corrected chi connectivity index (χ0v) is 13.6. The fraction of sp³-hybridized carbons (Fsp3) is 0.538. The zero-order valence-electron chi connectivity index (χ0n) is 12.0. The fourth-order valence-electron chi connectivity index (χ4n) is 1.92. The first kappa shape index (κ1) is 15.5. The van der Waals surface area contributed by atoms with Crippen LogP contribution in [0.4, 0.5) is 11.4 Å². The summed E-state index contributed by atoms with van der Waals surface area (Å²) < 4.78 is 25.5. The van der Waals surface area contributed by atoms with Crippen LogP contribution in [0.25, 0.3) is 0 Å². The Bertz CT molecular complexity index is 596. The molecule has 20 heavy (non-hydrogen) atoms.